The van der Waals surface area contributed by atoms with Crippen LogP contribution in [-0.2, 0) is 4.79 Å². The minimum absolute atomic E-state index is 0.00796. The number of nitrogens with zero attached hydrogens (tertiary/aromatic N) is 1. The Morgan fingerprint density at radius 1 is 1.53 bits per heavy atom. The molecule has 2 unspecified atom stereocenters. The monoisotopic (exact) mass is 286 g/mol. The Morgan fingerprint density at radius 2 is 2.32 bits per heavy atom. The fraction of sp³-hybridized carbons (Fsp3) is 0.929. The standard InChI is InChI=1S/C14H26N2O2S/c1-11(2)16-7-4-3-5-12(16)13(17)15-9-14(18)6-8-19-10-14/h11-12,18H,3-10H2,1-2H3,(H,15,17). The molecule has 2 heterocycles. The second-order valence-corrected chi connectivity index (χ2v) is 7.19. The minimum Gasteiger partial charge on any atom is -0.387 e. The van der Waals surface area contributed by atoms with Crippen molar-refractivity contribution in [3.63, 3.8) is 0 Å². The maximum absolute atomic E-state index is 12.3. The van der Waals surface area contributed by atoms with E-state index in [1.807, 2.05) is 0 Å². The Kier molecular flexibility index (Phi) is 5.15. The SMILES string of the molecule is CC(C)N1CCCCC1C(=O)NCC1(O)CCSC1. The molecule has 0 bridgehead atoms. The van der Waals surface area contributed by atoms with Crippen LogP contribution in [-0.4, -0.2) is 58.2 Å². The van der Waals surface area contributed by atoms with E-state index >= 15 is 0 Å². The second-order valence-electron chi connectivity index (χ2n) is 6.09. The molecule has 0 saturated carbocycles. The zero-order valence-electron chi connectivity index (χ0n) is 12.0. The van der Waals surface area contributed by atoms with Crippen molar-refractivity contribution in [3.05, 3.63) is 0 Å². The number of amides is 1. The predicted molar refractivity (Wildman–Crippen MR) is 79.4 cm³/mol. The highest BCUT2D eigenvalue weighted by molar-refractivity contribution is 7.99. The first-order valence-corrected chi connectivity index (χ1v) is 8.51. The van der Waals surface area contributed by atoms with Crippen LogP contribution in [0.25, 0.3) is 0 Å². The molecule has 0 aromatic rings. The number of rotatable bonds is 4. The van der Waals surface area contributed by atoms with E-state index in [-0.39, 0.29) is 11.9 Å². The highest BCUT2D eigenvalue weighted by Gasteiger charge is 2.35. The molecule has 2 aliphatic rings. The van der Waals surface area contributed by atoms with Gasteiger partial charge in [-0.3, -0.25) is 9.69 Å². The summed E-state index contributed by atoms with van der Waals surface area (Å²) in [6, 6.07) is 0.396. The smallest absolute Gasteiger partial charge is 0.237 e. The number of carbonyl (C=O) groups excluding carboxylic acids is 1. The number of carbonyl (C=O) groups is 1. The number of hydrogen-bond donors (Lipinski definition) is 2. The number of aliphatic hydroxyl groups is 1. The van der Waals surface area contributed by atoms with Crippen LogP contribution in [0.1, 0.15) is 39.5 Å². The van der Waals surface area contributed by atoms with Gasteiger partial charge in [0.1, 0.15) is 0 Å². The zero-order valence-corrected chi connectivity index (χ0v) is 12.8. The molecule has 4 nitrogen and oxygen atoms in total. The normalized spacial score (nSPS) is 32.7. The summed E-state index contributed by atoms with van der Waals surface area (Å²) < 4.78 is 0. The van der Waals surface area contributed by atoms with Crippen molar-refractivity contribution in [2.75, 3.05) is 24.6 Å². The van der Waals surface area contributed by atoms with E-state index in [2.05, 4.69) is 24.1 Å². The average Bonchev–Trinajstić information content (AvgIpc) is 2.83. The lowest BCUT2D eigenvalue weighted by Crippen LogP contribution is -2.54. The lowest BCUT2D eigenvalue weighted by molar-refractivity contribution is -0.129. The largest absolute Gasteiger partial charge is 0.387 e. The Hall–Kier alpha value is -0.260. The fourth-order valence-electron chi connectivity index (χ4n) is 2.96. The Morgan fingerprint density at radius 3 is 2.95 bits per heavy atom. The molecular formula is C14H26N2O2S. The summed E-state index contributed by atoms with van der Waals surface area (Å²) in [5.41, 5.74) is -0.683. The summed E-state index contributed by atoms with van der Waals surface area (Å²) in [6.45, 7) is 5.70. The van der Waals surface area contributed by atoms with Gasteiger partial charge in [-0.2, -0.15) is 11.8 Å². The van der Waals surface area contributed by atoms with Gasteiger partial charge >= 0.3 is 0 Å². The molecule has 19 heavy (non-hydrogen) atoms. The van der Waals surface area contributed by atoms with Gasteiger partial charge in [0.15, 0.2) is 0 Å². The van der Waals surface area contributed by atoms with E-state index in [1.54, 1.807) is 11.8 Å². The van der Waals surface area contributed by atoms with E-state index in [0.717, 1.165) is 37.3 Å². The molecular weight excluding hydrogens is 260 g/mol. The molecule has 0 aromatic heterocycles. The molecule has 0 aromatic carbocycles. The van der Waals surface area contributed by atoms with Gasteiger partial charge in [-0.15, -0.1) is 0 Å². The molecule has 2 fully saturated rings. The van der Waals surface area contributed by atoms with Crippen molar-refractivity contribution in [2.24, 2.45) is 0 Å². The van der Waals surface area contributed by atoms with E-state index in [1.165, 1.54) is 6.42 Å². The van der Waals surface area contributed by atoms with Crippen molar-refractivity contribution in [1.82, 2.24) is 10.2 Å². The first-order valence-electron chi connectivity index (χ1n) is 7.35. The van der Waals surface area contributed by atoms with Crippen molar-refractivity contribution in [3.8, 4) is 0 Å². The zero-order chi connectivity index (χ0) is 13.9. The van der Waals surface area contributed by atoms with Crippen molar-refractivity contribution >= 4 is 17.7 Å². The molecule has 5 heteroatoms. The van der Waals surface area contributed by atoms with Crippen molar-refractivity contribution < 1.29 is 9.90 Å². The molecule has 2 saturated heterocycles. The molecule has 0 radical (unpaired) electrons. The number of hydrogen-bond acceptors (Lipinski definition) is 4. The first kappa shape index (κ1) is 15.1. The Bertz CT molecular complexity index is 317. The van der Waals surface area contributed by atoms with Crippen LogP contribution < -0.4 is 5.32 Å². The van der Waals surface area contributed by atoms with Crippen LogP contribution in [0.15, 0.2) is 0 Å². The predicted octanol–water partition coefficient (Wildman–Crippen LogP) is 1.23. The number of likely N-dealkylation sites (tertiary alicyclic amines) is 1. The molecule has 1 amide bonds. The maximum atomic E-state index is 12.3. The van der Waals surface area contributed by atoms with Gasteiger partial charge in [0.05, 0.1) is 11.6 Å². The summed E-state index contributed by atoms with van der Waals surface area (Å²) in [5, 5.41) is 13.2. The van der Waals surface area contributed by atoms with Gasteiger partial charge in [-0.1, -0.05) is 6.42 Å². The number of piperidine rings is 1. The highest BCUT2D eigenvalue weighted by atomic mass is 32.2. The summed E-state index contributed by atoms with van der Waals surface area (Å²) in [5.74, 6) is 1.83. The molecule has 2 atom stereocenters. The Labute approximate surface area is 120 Å². The van der Waals surface area contributed by atoms with E-state index in [0.29, 0.717) is 12.6 Å². The molecule has 2 N–H and O–H groups in total. The lowest BCUT2D eigenvalue weighted by Gasteiger charge is -2.38. The van der Waals surface area contributed by atoms with Crippen molar-refractivity contribution in [1.29, 1.82) is 0 Å². The van der Waals surface area contributed by atoms with Crippen molar-refractivity contribution in [2.45, 2.75) is 57.2 Å². The first-order chi connectivity index (χ1) is 9.02. The van der Waals surface area contributed by atoms with Gasteiger partial charge in [0.25, 0.3) is 0 Å². The van der Waals surface area contributed by atoms with Crippen LogP contribution >= 0.6 is 11.8 Å². The highest BCUT2D eigenvalue weighted by Crippen LogP contribution is 2.27. The van der Waals surface area contributed by atoms with Gasteiger partial charge in [0, 0.05) is 18.3 Å². The third-order valence-corrected chi connectivity index (χ3v) is 5.42. The third-order valence-electron chi connectivity index (χ3n) is 4.18. The summed E-state index contributed by atoms with van der Waals surface area (Å²) in [6.07, 6.45) is 4.04. The number of thioether (sulfide) groups is 1. The minimum atomic E-state index is -0.683. The van der Waals surface area contributed by atoms with E-state index < -0.39 is 5.60 Å². The van der Waals surface area contributed by atoms with Gasteiger partial charge in [0.2, 0.25) is 5.91 Å². The van der Waals surface area contributed by atoms with Crippen LogP contribution in [0.5, 0.6) is 0 Å². The summed E-state index contributed by atoms with van der Waals surface area (Å²) in [4.78, 5) is 14.6. The molecule has 110 valence electrons. The van der Waals surface area contributed by atoms with Crippen LogP contribution in [0.2, 0.25) is 0 Å². The molecule has 0 spiro atoms. The third kappa shape index (κ3) is 3.86. The fourth-order valence-corrected chi connectivity index (χ4v) is 4.25. The quantitative estimate of drug-likeness (QED) is 0.816. The topological polar surface area (TPSA) is 52.6 Å². The average molecular weight is 286 g/mol. The van der Waals surface area contributed by atoms with Crippen LogP contribution in [0.4, 0.5) is 0 Å². The molecule has 2 rings (SSSR count). The Balaban J connectivity index is 1.87. The number of nitrogens with one attached hydrogen (secondary N) is 1. The van der Waals surface area contributed by atoms with Gasteiger partial charge in [-0.25, -0.2) is 0 Å². The molecule has 0 aliphatic carbocycles. The lowest BCUT2D eigenvalue weighted by atomic mass is 9.98. The van der Waals surface area contributed by atoms with E-state index in [4.69, 9.17) is 0 Å². The second kappa shape index (κ2) is 6.46. The van der Waals surface area contributed by atoms with Crippen LogP contribution in [0, 0.1) is 0 Å². The van der Waals surface area contributed by atoms with E-state index in [9.17, 15) is 9.90 Å². The van der Waals surface area contributed by atoms with Crippen LogP contribution in [0.3, 0.4) is 0 Å². The van der Waals surface area contributed by atoms with Gasteiger partial charge in [-0.05, 0) is 45.4 Å². The maximum Gasteiger partial charge on any atom is 0.237 e. The molecule has 2 aliphatic heterocycles. The summed E-state index contributed by atoms with van der Waals surface area (Å²) in [7, 11) is 0. The van der Waals surface area contributed by atoms with Gasteiger partial charge < -0.3 is 10.4 Å². The summed E-state index contributed by atoms with van der Waals surface area (Å²) >= 11 is 1.76.